The Hall–Kier alpha value is -4.02. The monoisotopic (exact) mass is 479 g/mol. The first-order chi connectivity index (χ1) is 16.8. The molecule has 0 spiro atoms. The van der Waals surface area contributed by atoms with Gasteiger partial charge in [-0.1, -0.05) is 6.07 Å². The topological polar surface area (TPSA) is 124 Å². The molecule has 11 heteroatoms. The molecule has 3 heterocycles. The van der Waals surface area contributed by atoms with Crippen LogP contribution in [0.4, 0.5) is 10.6 Å². The number of aromatic nitrogens is 5. The lowest BCUT2D eigenvalue weighted by atomic mass is 9.96. The zero-order valence-electron chi connectivity index (χ0n) is 20.5. The van der Waals surface area contributed by atoms with Crippen molar-refractivity contribution in [3.63, 3.8) is 0 Å². The Labute approximate surface area is 203 Å². The van der Waals surface area contributed by atoms with Crippen LogP contribution in [0, 0.1) is 0 Å². The van der Waals surface area contributed by atoms with Crippen LogP contribution in [0.2, 0.25) is 0 Å². The number of fused-ring (bicyclic) bond motifs is 1. The second kappa shape index (κ2) is 10.1. The maximum absolute atomic E-state index is 13.2. The van der Waals surface area contributed by atoms with E-state index in [0.717, 1.165) is 11.1 Å². The van der Waals surface area contributed by atoms with Crippen LogP contribution in [0.15, 0.2) is 30.3 Å². The van der Waals surface area contributed by atoms with Crippen LogP contribution in [0.1, 0.15) is 55.2 Å². The largest absolute Gasteiger partial charge is 0.496 e. The van der Waals surface area contributed by atoms with Crippen LogP contribution in [0.3, 0.4) is 0 Å². The molecule has 11 nitrogen and oxygen atoms in total. The quantitative estimate of drug-likeness (QED) is 0.570. The molecule has 2 amide bonds. The van der Waals surface area contributed by atoms with Crippen molar-refractivity contribution in [1.29, 1.82) is 0 Å². The summed E-state index contributed by atoms with van der Waals surface area (Å²) in [7, 11) is 1.53. The third-order valence-corrected chi connectivity index (χ3v) is 5.58. The lowest BCUT2D eigenvalue weighted by molar-refractivity contribution is 0.0730. The Morgan fingerprint density at radius 2 is 1.91 bits per heavy atom. The van der Waals surface area contributed by atoms with Gasteiger partial charge in [0.15, 0.2) is 0 Å². The molecule has 0 radical (unpaired) electrons. The number of tetrazole rings is 1. The summed E-state index contributed by atoms with van der Waals surface area (Å²) in [4.78, 5) is 31.8. The van der Waals surface area contributed by atoms with Crippen molar-refractivity contribution in [2.45, 2.75) is 52.8 Å². The van der Waals surface area contributed by atoms with E-state index in [1.807, 2.05) is 33.8 Å². The zero-order valence-corrected chi connectivity index (χ0v) is 20.5. The van der Waals surface area contributed by atoms with Crippen LogP contribution in [0.25, 0.3) is 11.5 Å². The number of rotatable bonds is 6. The van der Waals surface area contributed by atoms with Crippen molar-refractivity contribution in [3.8, 4) is 17.3 Å². The van der Waals surface area contributed by atoms with Crippen molar-refractivity contribution in [2.24, 2.45) is 0 Å². The van der Waals surface area contributed by atoms with E-state index in [2.05, 4.69) is 25.8 Å². The highest BCUT2D eigenvalue weighted by atomic mass is 16.6. The Kier molecular flexibility index (Phi) is 6.94. The van der Waals surface area contributed by atoms with Gasteiger partial charge in [-0.2, -0.15) is 0 Å². The average Bonchev–Trinajstić information content (AvgIpc) is 3.33. The van der Waals surface area contributed by atoms with Gasteiger partial charge >= 0.3 is 6.09 Å². The number of ether oxygens (including phenoxy) is 2. The average molecular weight is 480 g/mol. The van der Waals surface area contributed by atoms with Crippen LogP contribution >= 0.6 is 0 Å². The normalized spacial score (nSPS) is 13.1. The predicted octanol–water partition coefficient (Wildman–Crippen LogP) is 3.48. The van der Waals surface area contributed by atoms with Gasteiger partial charge in [0.1, 0.15) is 17.3 Å². The fourth-order valence-corrected chi connectivity index (χ4v) is 3.89. The first-order valence-electron chi connectivity index (χ1n) is 11.5. The van der Waals surface area contributed by atoms with Gasteiger partial charge in [0, 0.05) is 13.1 Å². The molecule has 184 valence electrons. The summed E-state index contributed by atoms with van der Waals surface area (Å²) in [6, 6.07) is 8.93. The number of carbonyl (C=O) groups is 2. The van der Waals surface area contributed by atoms with E-state index in [1.165, 1.54) is 7.11 Å². The molecule has 0 unspecified atom stereocenters. The number of methoxy groups -OCH3 is 1. The third-order valence-electron chi connectivity index (χ3n) is 5.58. The van der Waals surface area contributed by atoms with Gasteiger partial charge in [-0.15, -0.1) is 5.10 Å². The third kappa shape index (κ3) is 5.23. The molecule has 2 aromatic heterocycles. The highest BCUT2D eigenvalue weighted by molar-refractivity contribution is 6.06. The molecular weight excluding hydrogens is 450 g/mol. The fourth-order valence-electron chi connectivity index (χ4n) is 3.89. The molecule has 0 atom stereocenters. The molecular formula is C24H29N7O4. The molecule has 35 heavy (non-hydrogen) atoms. The molecule has 0 saturated carbocycles. The van der Waals surface area contributed by atoms with Crippen LogP contribution in [-0.2, 0) is 17.7 Å². The van der Waals surface area contributed by atoms with E-state index in [1.54, 1.807) is 33.8 Å². The number of carbonyl (C=O) groups excluding carboxylic acids is 2. The molecule has 3 aromatic rings. The standard InChI is InChI=1S/C24H29N7O4/c1-14(2)31-22(27-28-29-31)19-7-6-8-21(25-19)26-23(32)18-11-17-13-30(24(33)35-15(3)4)10-9-16(17)12-20(18)34-5/h6-8,11-12,14-15H,9-10,13H2,1-5H3,(H,25,26,32). The maximum Gasteiger partial charge on any atom is 0.410 e. The summed E-state index contributed by atoms with van der Waals surface area (Å²) in [6.45, 7) is 8.47. The van der Waals surface area contributed by atoms with E-state index < -0.39 is 0 Å². The maximum atomic E-state index is 13.2. The lowest BCUT2D eigenvalue weighted by Gasteiger charge is -2.29. The van der Waals surface area contributed by atoms with Gasteiger partial charge in [-0.3, -0.25) is 4.79 Å². The lowest BCUT2D eigenvalue weighted by Crippen LogP contribution is -2.37. The van der Waals surface area contributed by atoms with E-state index in [0.29, 0.717) is 48.2 Å². The minimum Gasteiger partial charge on any atom is -0.496 e. The van der Waals surface area contributed by atoms with Gasteiger partial charge in [-0.25, -0.2) is 14.5 Å². The van der Waals surface area contributed by atoms with Crippen molar-refractivity contribution in [1.82, 2.24) is 30.1 Å². The molecule has 1 aromatic carbocycles. The van der Waals surface area contributed by atoms with Gasteiger partial charge < -0.3 is 19.7 Å². The second-order valence-electron chi connectivity index (χ2n) is 8.83. The SMILES string of the molecule is COc1cc2c(cc1C(=O)Nc1cccc(-c3nnnn3C(C)C)n1)CN(C(=O)OC(C)C)CC2. The number of amides is 2. The van der Waals surface area contributed by atoms with Gasteiger partial charge in [0.05, 0.1) is 24.8 Å². The van der Waals surface area contributed by atoms with Gasteiger partial charge in [0.2, 0.25) is 5.82 Å². The van der Waals surface area contributed by atoms with E-state index in [9.17, 15) is 9.59 Å². The molecule has 4 rings (SSSR count). The number of pyridine rings is 1. The van der Waals surface area contributed by atoms with Gasteiger partial charge in [0.25, 0.3) is 5.91 Å². The first-order valence-corrected chi connectivity index (χ1v) is 11.5. The van der Waals surface area contributed by atoms with E-state index >= 15 is 0 Å². The number of nitrogens with one attached hydrogen (secondary N) is 1. The number of hydrogen-bond donors (Lipinski definition) is 1. The fraction of sp³-hybridized carbons (Fsp3) is 0.417. The van der Waals surface area contributed by atoms with Crippen LogP contribution in [-0.4, -0.2) is 61.9 Å². The Morgan fingerprint density at radius 3 is 2.63 bits per heavy atom. The highest BCUT2D eigenvalue weighted by Gasteiger charge is 2.26. The summed E-state index contributed by atoms with van der Waals surface area (Å²) in [5, 5.41) is 14.6. The number of hydrogen-bond acceptors (Lipinski definition) is 8. The zero-order chi connectivity index (χ0) is 25.1. The molecule has 0 fully saturated rings. The minimum absolute atomic E-state index is 0.0530. The predicted molar refractivity (Wildman–Crippen MR) is 128 cm³/mol. The Morgan fingerprint density at radius 1 is 1.11 bits per heavy atom. The van der Waals surface area contributed by atoms with E-state index in [4.69, 9.17) is 9.47 Å². The van der Waals surface area contributed by atoms with Gasteiger partial charge in [-0.05, 0) is 79.9 Å². The summed E-state index contributed by atoms with van der Waals surface area (Å²) >= 11 is 0. The van der Waals surface area contributed by atoms with Crippen molar-refractivity contribution < 1.29 is 19.1 Å². The molecule has 0 bridgehead atoms. The Bertz CT molecular complexity index is 1240. The summed E-state index contributed by atoms with van der Waals surface area (Å²) in [5.41, 5.74) is 2.80. The first kappa shape index (κ1) is 24.1. The van der Waals surface area contributed by atoms with E-state index in [-0.39, 0.29) is 24.1 Å². The smallest absolute Gasteiger partial charge is 0.410 e. The molecule has 0 aliphatic carbocycles. The number of nitrogens with zero attached hydrogens (tertiary/aromatic N) is 6. The molecule has 1 aliphatic rings. The molecule has 1 N–H and O–H groups in total. The Balaban J connectivity index is 1.57. The summed E-state index contributed by atoms with van der Waals surface area (Å²) in [6.07, 6.45) is 0.0846. The highest BCUT2D eigenvalue weighted by Crippen LogP contribution is 2.29. The molecule has 0 saturated heterocycles. The minimum atomic E-state index is -0.375. The number of anilines is 1. The summed E-state index contributed by atoms with van der Waals surface area (Å²) < 4.78 is 12.5. The van der Waals surface area contributed by atoms with Crippen molar-refractivity contribution in [3.05, 3.63) is 47.0 Å². The second-order valence-corrected chi connectivity index (χ2v) is 8.83. The molecule has 1 aliphatic heterocycles. The summed E-state index contributed by atoms with van der Waals surface area (Å²) in [5.74, 6) is 0.947. The van der Waals surface area contributed by atoms with Crippen molar-refractivity contribution in [2.75, 3.05) is 19.0 Å². The van der Waals surface area contributed by atoms with Crippen LogP contribution in [0.5, 0.6) is 5.75 Å². The van der Waals surface area contributed by atoms with Crippen LogP contribution < -0.4 is 10.1 Å². The number of benzene rings is 1. The van der Waals surface area contributed by atoms with Crippen molar-refractivity contribution >= 4 is 17.8 Å².